The average Bonchev–Trinajstić information content (AvgIpc) is 2.10. The zero-order chi connectivity index (χ0) is 14.8. The molecule has 0 aromatic rings. The van der Waals surface area contributed by atoms with Crippen molar-refractivity contribution in [1.29, 1.82) is 0 Å². The van der Waals surface area contributed by atoms with E-state index in [2.05, 4.69) is 0 Å². The molecule has 0 aliphatic carbocycles. The Hall–Kier alpha value is -0.160. The molecule has 0 saturated carbocycles. The molecule has 4 nitrogen and oxygen atoms in total. The van der Waals surface area contributed by atoms with Crippen LogP contribution in [0.4, 0.5) is 0 Å². The van der Waals surface area contributed by atoms with Crippen molar-refractivity contribution >= 4 is 0 Å². The van der Waals surface area contributed by atoms with Crippen LogP contribution in [-0.4, -0.2) is 42.8 Å². The fourth-order valence-corrected chi connectivity index (χ4v) is 1.52. The van der Waals surface area contributed by atoms with E-state index in [-0.39, 0.29) is 0 Å². The van der Waals surface area contributed by atoms with Gasteiger partial charge >= 0.3 is 0 Å². The maximum absolute atomic E-state index is 10.2. The van der Waals surface area contributed by atoms with Crippen molar-refractivity contribution in [2.24, 2.45) is 0 Å². The van der Waals surface area contributed by atoms with Gasteiger partial charge in [0.1, 0.15) is 0 Å². The van der Waals surface area contributed by atoms with Gasteiger partial charge in [-0.15, -0.1) is 0 Å². The maximum atomic E-state index is 10.2. The summed E-state index contributed by atoms with van der Waals surface area (Å²) in [7, 11) is 0. The van der Waals surface area contributed by atoms with Crippen LogP contribution in [0.5, 0.6) is 0 Å². The lowest BCUT2D eigenvalue weighted by molar-refractivity contribution is -0.133. The standard InChI is InChI=1S/C14H30O4/c1-11(2,15)7-8-13(5,17)9-10-14(6,18)12(3,4)16/h15-18H,7-10H2,1-6H3. The summed E-state index contributed by atoms with van der Waals surface area (Å²) in [6.07, 6.45) is 1.62. The quantitative estimate of drug-likeness (QED) is 0.561. The minimum Gasteiger partial charge on any atom is -0.390 e. The molecular weight excluding hydrogens is 232 g/mol. The highest BCUT2D eigenvalue weighted by Gasteiger charge is 2.39. The van der Waals surface area contributed by atoms with Crippen molar-refractivity contribution in [3.63, 3.8) is 0 Å². The predicted octanol–water partition coefficient (Wildman–Crippen LogP) is 1.59. The largest absolute Gasteiger partial charge is 0.390 e. The molecule has 0 aliphatic heterocycles. The van der Waals surface area contributed by atoms with Crippen molar-refractivity contribution in [1.82, 2.24) is 0 Å². The van der Waals surface area contributed by atoms with Gasteiger partial charge in [0, 0.05) is 0 Å². The molecule has 0 aliphatic rings. The van der Waals surface area contributed by atoms with Crippen molar-refractivity contribution in [2.75, 3.05) is 0 Å². The van der Waals surface area contributed by atoms with Crippen molar-refractivity contribution in [3.05, 3.63) is 0 Å². The Morgan fingerprint density at radius 1 is 0.611 bits per heavy atom. The third-order valence-corrected chi connectivity index (χ3v) is 3.74. The first-order valence-electron chi connectivity index (χ1n) is 6.56. The molecular formula is C14H30O4. The van der Waals surface area contributed by atoms with Crippen molar-refractivity contribution in [3.8, 4) is 0 Å². The lowest BCUT2D eigenvalue weighted by atomic mass is 9.79. The Balaban J connectivity index is 4.35. The first-order valence-corrected chi connectivity index (χ1v) is 6.56. The highest BCUT2D eigenvalue weighted by molar-refractivity contribution is 4.91. The number of hydrogen-bond donors (Lipinski definition) is 4. The van der Waals surface area contributed by atoms with Crippen LogP contribution in [0, 0.1) is 0 Å². The second kappa shape index (κ2) is 5.45. The van der Waals surface area contributed by atoms with E-state index in [1.54, 1.807) is 41.5 Å². The molecule has 2 atom stereocenters. The minimum atomic E-state index is -1.24. The number of hydrogen-bond acceptors (Lipinski definition) is 4. The minimum absolute atomic E-state index is 0.301. The summed E-state index contributed by atoms with van der Waals surface area (Å²) in [5.74, 6) is 0. The molecule has 0 rings (SSSR count). The molecule has 2 unspecified atom stereocenters. The van der Waals surface area contributed by atoms with Gasteiger partial charge in [-0.1, -0.05) is 0 Å². The molecule has 0 bridgehead atoms. The van der Waals surface area contributed by atoms with Crippen LogP contribution in [0.15, 0.2) is 0 Å². The van der Waals surface area contributed by atoms with E-state index < -0.39 is 22.4 Å². The van der Waals surface area contributed by atoms with Crippen LogP contribution in [0.25, 0.3) is 0 Å². The monoisotopic (exact) mass is 262 g/mol. The van der Waals surface area contributed by atoms with Gasteiger partial charge in [0.2, 0.25) is 0 Å². The molecule has 0 spiro atoms. The Morgan fingerprint density at radius 3 is 1.33 bits per heavy atom. The van der Waals surface area contributed by atoms with Gasteiger partial charge in [-0.3, -0.25) is 0 Å². The number of rotatable bonds is 7. The summed E-state index contributed by atoms with van der Waals surface area (Å²) in [5, 5.41) is 39.8. The molecule has 0 radical (unpaired) electrons. The summed E-state index contributed by atoms with van der Waals surface area (Å²) in [6.45, 7) is 9.78. The zero-order valence-electron chi connectivity index (χ0n) is 12.6. The summed E-state index contributed by atoms with van der Waals surface area (Å²) in [5.41, 5.74) is -4.21. The third-order valence-electron chi connectivity index (χ3n) is 3.74. The van der Waals surface area contributed by atoms with Crippen LogP contribution in [-0.2, 0) is 0 Å². The maximum Gasteiger partial charge on any atom is 0.0901 e. The average molecular weight is 262 g/mol. The van der Waals surface area contributed by atoms with E-state index in [1.807, 2.05) is 0 Å². The Morgan fingerprint density at radius 2 is 1.00 bits per heavy atom. The first kappa shape index (κ1) is 17.8. The Labute approximate surface area is 111 Å². The van der Waals surface area contributed by atoms with E-state index >= 15 is 0 Å². The van der Waals surface area contributed by atoms with Crippen LogP contribution < -0.4 is 0 Å². The molecule has 4 heteroatoms. The van der Waals surface area contributed by atoms with Crippen LogP contribution in [0.1, 0.15) is 67.2 Å². The second-order valence-corrected chi connectivity index (χ2v) is 7.14. The van der Waals surface area contributed by atoms with Crippen molar-refractivity contribution in [2.45, 2.75) is 89.6 Å². The van der Waals surface area contributed by atoms with Gasteiger partial charge in [-0.25, -0.2) is 0 Å². The predicted molar refractivity (Wildman–Crippen MR) is 72.3 cm³/mol. The number of aliphatic hydroxyl groups is 4. The van der Waals surface area contributed by atoms with Gasteiger partial charge in [-0.05, 0) is 67.2 Å². The van der Waals surface area contributed by atoms with Gasteiger partial charge in [-0.2, -0.15) is 0 Å². The van der Waals surface area contributed by atoms with E-state index in [4.69, 9.17) is 0 Å². The highest BCUT2D eigenvalue weighted by Crippen LogP contribution is 2.31. The lowest BCUT2D eigenvalue weighted by Crippen LogP contribution is -2.48. The Bertz CT molecular complexity index is 256. The highest BCUT2D eigenvalue weighted by atomic mass is 16.4. The SMILES string of the molecule is CC(C)(O)CCC(C)(O)CCC(C)(O)C(C)(C)O. The summed E-state index contributed by atoms with van der Waals surface area (Å²) >= 11 is 0. The lowest BCUT2D eigenvalue weighted by Gasteiger charge is -2.38. The topological polar surface area (TPSA) is 80.9 Å². The molecule has 0 heterocycles. The summed E-state index contributed by atoms with van der Waals surface area (Å²) in [6, 6.07) is 0. The van der Waals surface area contributed by atoms with E-state index in [0.717, 1.165) is 0 Å². The van der Waals surface area contributed by atoms with Gasteiger partial charge in [0.25, 0.3) is 0 Å². The molecule has 0 saturated heterocycles. The molecule has 4 N–H and O–H groups in total. The molecule has 0 aromatic carbocycles. The van der Waals surface area contributed by atoms with E-state index in [0.29, 0.717) is 25.7 Å². The Kier molecular flexibility index (Phi) is 5.40. The summed E-state index contributed by atoms with van der Waals surface area (Å²) in [4.78, 5) is 0. The second-order valence-electron chi connectivity index (χ2n) is 7.14. The molecule has 110 valence electrons. The van der Waals surface area contributed by atoms with Crippen LogP contribution in [0.2, 0.25) is 0 Å². The summed E-state index contributed by atoms with van der Waals surface area (Å²) < 4.78 is 0. The molecule has 0 amide bonds. The van der Waals surface area contributed by atoms with Crippen molar-refractivity contribution < 1.29 is 20.4 Å². The van der Waals surface area contributed by atoms with E-state index in [1.165, 1.54) is 0 Å². The van der Waals surface area contributed by atoms with Gasteiger partial charge < -0.3 is 20.4 Å². The molecule has 0 fully saturated rings. The smallest absolute Gasteiger partial charge is 0.0901 e. The van der Waals surface area contributed by atoms with E-state index in [9.17, 15) is 20.4 Å². The fraction of sp³-hybridized carbons (Fsp3) is 1.00. The fourth-order valence-electron chi connectivity index (χ4n) is 1.52. The van der Waals surface area contributed by atoms with Crippen LogP contribution >= 0.6 is 0 Å². The molecule has 18 heavy (non-hydrogen) atoms. The third kappa shape index (κ3) is 6.69. The molecule has 0 aromatic heterocycles. The van der Waals surface area contributed by atoms with Crippen LogP contribution in [0.3, 0.4) is 0 Å². The normalized spacial score (nSPS) is 20.3. The zero-order valence-corrected chi connectivity index (χ0v) is 12.6. The van der Waals surface area contributed by atoms with Gasteiger partial charge in [0.15, 0.2) is 0 Å². The van der Waals surface area contributed by atoms with Gasteiger partial charge in [0.05, 0.1) is 22.4 Å². The first-order chi connectivity index (χ1) is 7.66.